The van der Waals surface area contributed by atoms with Crippen molar-refractivity contribution in [3.8, 4) is 17.2 Å². The van der Waals surface area contributed by atoms with E-state index in [1.54, 1.807) is 7.11 Å². The van der Waals surface area contributed by atoms with E-state index in [4.69, 9.17) is 14.2 Å². The summed E-state index contributed by atoms with van der Waals surface area (Å²) in [6.07, 6.45) is 1.94. The van der Waals surface area contributed by atoms with Gasteiger partial charge in [0.2, 0.25) is 0 Å². The number of aryl methyl sites for hydroxylation is 1. The molecule has 1 aliphatic rings. The summed E-state index contributed by atoms with van der Waals surface area (Å²) in [7, 11) is 1.66. The first kappa shape index (κ1) is 21.9. The average Bonchev–Trinajstić information content (AvgIpc) is 2.82. The van der Waals surface area contributed by atoms with Crippen LogP contribution in [0.25, 0.3) is 0 Å². The third-order valence-electron chi connectivity index (χ3n) is 5.81. The summed E-state index contributed by atoms with van der Waals surface area (Å²) in [6, 6.07) is 21.7. The molecule has 166 valence electrons. The van der Waals surface area contributed by atoms with Crippen molar-refractivity contribution >= 4 is 5.78 Å². The van der Waals surface area contributed by atoms with Gasteiger partial charge >= 0.3 is 0 Å². The van der Waals surface area contributed by atoms with E-state index in [1.165, 1.54) is 0 Å². The number of rotatable bonds is 8. The molecule has 4 rings (SSSR count). The molecule has 0 N–H and O–H groups in total. The van der Waals surface area contributed by atoms with Crippen LogP contribution in [0.1, 0.15) is 59.8 Å². The summed E-state index contributed by atoms with van der Waals surface area (Å²) in [5.74, 6) is 2.86. The second-order valence-corrected chi connectivity index (χ2v) is 8.67. The highest BCUT2D eigenvalue weighted by Crippen LogP contribution is 2.39. The molecule has 1 heterocycles. The predicted molar refractivity (Wildman–Crippen MR) is 126 cm³/mol. The van der Waals surface area contributed by atoms with Crippen LogP contribution in [-0.2, 0) is 13.0 Å². The third kappa shape index (κ3) is 5.13. The van der Waals surface area contributed by atoms with E-state index in [-0.39, 0.29) is 11.9 Å². The van der Waals surface area contributed by atoms with Crippen molar-refractivity contribution in [2.45, 2.75) is 45.8 Å². The molecule has 4 heteroatoms. The fourth-order valence-corrected chi connectivity index (χ4v) is 3.93. The number of ether oxygens (including phenoxy) is 3. The third-order valence-corrected chi connectivity index (χ3v) is 5.81. The summed E-state index contributed by atoms with van der Waals surface area (Å²) in [5.41, 5.74) is 3.80. The fourth-order valence-electron chi connectivity index (χ4n) is 3.93. The molecule has 0 aliphatic carbocycles. The molecule has 0 bridgehead atoms. The number of benzene rings is 3. The van der Waals surface area contributed by atoms with Gasteiger partial charge in [0.1, 0.15) is 30.0 Å². The molecule has 1 unspecified atom stereocenters. The van der Waals surface area contributed by atoms with E-state index in [9.17, 15) is 4.79 Å². The Morgan fingerprint density at radius 3 is 2.47 bits per heavy atom. The van der Waals surface area contributed by atoms with Crippen LogP contribution in [0.3, 0.4) is 0 Å². The molecule has 3 aromatic rings. The van der Waals surface area contributed by atoms with Crippen molar-refractivity contribution in [3.63, 3.8) is 0 Å². The molecule has 32 heavy (non-hydrogen) atoms. The molecule has 4 nitrogen and oxygen atoms in total. The van der Waals surface area contributed by atoms with Gasteiger partial charge in [-0.15, -0.1) is 0 Å². The highest BCUT2D eigenvalue weighted by molar-refractivity contribution is 6.00. The van der Waals surface area contributed by atoms with Crippen molar-refractivity contribution in [3.05, 3.63) is 89.0 Å². The number of ketones is 1. The molecular weight excluding hydrogens is 400 g/mol. The van der Waals surface area contributed by atoms with Crippen LogP contribution in [0.15, 0.2) is 66.7 Å². The van der Waals surface area contributed by atoms with Gasteiger partial charge in [-0.2, -0.15) is 0 Å². The first-order chi connectivity index (χ1) is 15.5. The first-order valence-electron chi connectivity index (χ1n) is 11.2. The number of hydrogen-bond donors (Lipinski definition) is 0. The summed E-state index contributed by atoms with van der Waals surface area (Å²) < 4.78 is 17.7. The van der Waals surface area contributed by atoms with Gasteiger partial charge in [0, 0.05) is 6.07 Å². The average molecular weight is 431 g/mol. The zero-order valence-electron chi connectivity index (χ0n) is 19.0. The Hall–Kier alpha value is -3.27. The SMILES string of the molecule is COc1cc2c(cc1CCC(C)C)C(=O)CC(c1ccc(OCc3ccccc3)cc1)O2. The largest absolute Gasteiger partial charge is 0.496 e. The highest BCUT2D eigenvalue weighted by Gasteiger charge is 2.29. The lowest BCUT2D eigenvalue weighted by atomic mass is 9.93. The number of fused-ring (bicyclic) bond motifs is 1. The van der Waals surface area contributed by atoms with E-state index in [0.717, 1.165) is 41.0 Å². The second kappa shape index (κ2) is 9.90. The Labute approximate surface area is 190 Å². The molecule has 1 atom stereocenters. The van der Waals surface area contributed by atoms with Crippen molar-refractivity contribution in [2.75, 3.05) is 7.11 Å². The predicted octanol–water partition coefficient (Wildman–Crippen LogP) is 6.57. The Kier molecular flexibility index (Phi) is 6.79. The maximum absolute atomic E-state index is 12.9. The van der Waals surface area contributed by atoms with Crippen LogP contribution in [0.4, 0.5) is 0 Å². The topological polar surface area (TPSA) is 44.8 Å². The molecular formula is C28H30O4. The molecule has 0 saturated carbocycles. The van der Waals surface area contributed by atoms with Crippen LogP contribution >= 0.6 is 0 Å². The standard InChI is InChI=1S/C28H30O4/c1-19(2)9-10-22-15-24-25(29)16-27(32-28(24)17-26(22)30-3)21-11-13-23(14-12-21)31-18-20-7-5-4-6-8-20/h4-8,11-15,17,19,27H,9-10,16,18H2,1-3H3. The van der Waals surface area contributed by atoms with Gasteiger partial charge in [-0.25, -0.2) is 0 Å². The summed E-state index contributed by atoms with van der Waals surface area (Å²) in [6.45, 7) is 4.91. The van der Waals surface area contributed by atoms with Gasteiger partial charge < -0.3 is 14.2 Å². The monoisotopic (exact) mass is 430 g/mol. The smallest absolute Gasteiger partial charge is 0.170 e. The Morgan fingerprint density at radius 1 is 1.03 bits per heavy atom. The van der Waals surface area contributed by atoms with Crippen molar-refractivity contribution in [1.29, 1.82) is 0 Å². The maximum atomic E-state index is 12.9. The summed E-state index contributed by atoms with van der Waals surface area (Å²) in [4.78, 5) is 12.9. The lowest BCUT2D eigenvalue weighted by molar-refractivity contribution is 0.0849. The van der Waals surface area contributed by atoms with Gasteiger partial charge in [-0.1, -0.05) is 56.3 Å². The van der Waals surface area contributed by atoms with Gasteiger partial charge in [-0.05, 0) is 53.6 Å². The normalized spacial score (nSPS) is 15.2. The van der Waals surface area contributed by atoms with E-state index < -0.39 is 0 Å². The number of Topliss-reactive ketones (excluding diaryl/α,β-unsaturated/α-hetero) is 1. The molecule has 0 amide bonds. The Morgan fingerprint density at radius 2 is 1.78 bits per heavy atom. The first-order valence-corrected chi connectivity index (χ1v) is 11.2. The number of methoxy groups -OCH3 is 1. The van der Waals surface area contributed by atoms with E-state index >= 15 is 0 Å². The van der Waals surface area contributed by atoms with Gasteiger partial charge in [-0.3, -0.25) is 4.79 Å². The van der Waals surface area contributed by atoms with Crippen molar-refractivity contribution < 1.29 is 19.0 Å². The molecule has 0 aromatic heterocycles. The molecule has 0 saturated heterocycles. The Balaban J connectivity index is 1.47. The van der Waals surface area contributed by atoms with E-state index in [2.05, 4.69) is 13.8 Å². The maximum Gasteiger partial charge on any atom is 0.170 e. The summed E-state index contributed by atoms with van der Waals surface area (Å²) >= 11 is 0. The van der Waals surface area contributed by atoms with Gasteiger partial charge in [0.05, 0.1) is 19.1 Å². The quantitative estimate of drug-likeness (QED) is 0.405. The van der Waals surface area contributed by atoms with Crippen LogP contribution in [0.2, 0.25) is 0 Å². The van der Waals surface area contributed by atoms with Gasteiger partial charge in [0.25, 0.3) is 0 Å². The summed E-state index contributed by atoms with van der Waals surface area (Å²) in [5, 5.41) is 0. The Bertz CT molecular complexity index is 1050. The van der Waals surface area contributed by atoms with Crippen LogP contribution in [-0.4, -0.2) is 12.9 Å². The minimum Gasteiger partial charge on any atom is -0.496 e. The highest BCUT2D eigenvalue weighted by atomic mass is 16.5. The van der Waals surface area contributed by atoms with E-state index in [0.29, 0.717) is 30.3 Å². The zero-order valence-corrected chi connectivity index (χ0v) is 19.0. The lowest BCUT2D eigenvalue weighted by Gasteiger charge is -2.27. The minimum absolute atomic E-state index is 0.106. The molecule has 0 radical (unpaired) electrons. The zero-order chi connectivity index (χ0) is 22.5. The molecule has 0 spiro atoms. The van der Waals surface area contributed by atoms with Crippen LogP contribution < -0.4 is 14.2 Å². The number of carbonyl (C=O) groups is 1. The molecule has 1 aliphatic heterocycles. The number of carbonyl (C=O) groups excluding carboxylic acids is 1. The van der Waals surface area contributed by atoms with Crippen molar-refractivity contribution in [1.82, 2.24) is 0 Å². The minimum atomic E-state index is -0.315. The van der Waals surface area contributed by atoms with Crippen LogP contribution in [0, 0.1) is 5.92 Å². The van der Waals surface area contributed by atoms with Crippen molar-refractivity contribution in [2.24, 2.45) is 5.92 Å². The second-order valence-electron chi connectivity index (χ2n) is 8.67. The fraction of sp³-hybridized carbons (Fsp3) is 0.321. The molecule has 0 fully saturated rings. The number of hydrogen-bond acceptors (Lipinski definition) is 4. The van der Waals surface area contributed by atoms with Gasteiger partial charge in [0.15, 0.2) is 5.78 Å². The van der Waals surface area contributed by atoms with E-state index in [1.807, 2.05) is 66.7 Å². The lowest BCUT2D eigenvalue weighted by Crippen LogP contribution is -2.21. The molecule has 3 aromatic carbocycles. The van der Waals surface area contributed by atoms with Crippen LogP contribution in [0.5, 0.6) is 17.2 Å².